The van der Waals surface area contributed by atoms with Crippen LogP contribution in [0.2, 0.25) is 0 Å². The highest BCUT2D eigenvalue weighted by Gasteiger charge is 2.09. The van der Waals surface area contributed by atoms with Crippen molar-refractivity contribution in [1.29, 1.82) is 0 Å². The third-order valence-electron chi connectivity index (χ3n) is 3.44. The molecule has 6 heteroatoms. The van der Waals surface area contributed by atoms with Gasteiger partial charge in [-0.15, -0.1) is 0 Å². The first kappa shape index (κ1) is 13.1. The predicted molar refractivity (Wildman–Crippen MR) is 79.7 cm³/mol. The van der Waals surface area contributed by atoms with Crippen molar-refractivity contribution in [3.63, 3.8) is 0 Å². The normalized spacial score (nSPS) is 10.8. The van der Waals surface area contributed by atoms with Crippen molar-refractivity contribution < 1.29 is 4.79 Å². The standard InChI is InChI=1S/C15H14N4O2/c1-9-3-5-12(7-10(9)2)16-14(20)11-4-6-13-17-18-15(21)19(13)8-11/h3-8H,1-2H3,(H,16,20)(H,18,21). The number of fused-ring (bicyclic) bond motifs is 1. The van der Waals surface area contributed by atoms with E-state index in [9.17, 15) is 9.59 Å². The maximum absolute atomic E-state index is 12.2. The molecule has 0 aliphatic carbocycles. The van der Waals surface area contributed by atoms with Crippen LogP contribution in [-0.2, 0) is 0 Å². The number of aromatic amines is 1. The van der Waals surface area contributed by atoms with Crippen LogP contribution in [0.5, 0.6) is 0 Å². The highest BCUT2D eigenvalue weighted by atomic mass is 16.2. The third kappa shape index (κ3) is 2.43. The van der Waals surface area contributed by atoms with E-state index >= 15 is 0 Å². The predicted octanol–water partition coefficient (Wildman–Crippen LogP) is 1.89. The van der Waals surface area contributed by atoms with Crippen LogP contribution in [0.1, 0.15) is 21.5 Å². The molecular weight excluding hydrogens is 268 g/mol. The molecule has 2 aromatic heterocycles. The van der Waals surface area contributed by atoms with Crippen molar-refractivity contribution in [2.24, 2.45) is 0 Å². The van der Waals surface area contributed by atoms with Crippen LogP contribution < -0.4 is 11.0 Å². The van der Waals surface area contributed by atoms with Gasteiger partial charge in [0.05, 0.1) is 5.56 Å². The van der Waals surface area contributed by atoms with E-state index in [1.807, 2.05) is 32.0 Å². The van der Waals surface area contributed by atoms with E-state index in [0.717, 1.165) is 11.3 Å². The minimum atomic E-state index is -0.370. The molecule has 0 saturated heterocycles. The lowest BCUT2D eigenvalue weighted by Crippen LogP contribution is -2.15. The molecule has 0 fully saturated rings. The Morgan fingerprint density at radius 3 is 2.76 bits per heavy atom. The number of amides is 1. The quantitative estimate of drug-likeness (QED) is 0.753. The number of rotatable bonds is 2. The molecule has 0 unspecified atom stereocenters. The second-order valence-corrected chi connectivity index (χ2v) is 4.93. The van der Waals surface area contributed by atoms with Crippen LogP contribution in [0.3, 0.4) is 0 Å². The smallest absolute Gasteiger partial charge is 0.322 e. The van der Waals surface area contributed by atoms with Crippen LogP contribution in [0.15, 0.2) is 41.3 Å². The molecule has 106 valence electrons. The Kier molecular flexibility index (Phi) is 3.06. The molecule has 0 saturated carbocycles. The van der Waals surface area contributed by atoms with E-state index in [-0.39, 0.29) is 11.6 Å². The van der Waals surface area contributed by atoms with Gasteiger partial charge in [-0.05, 0) is 49.2 Å². The van der Waals surface area contributed by atoms with E-state index in [2.05, 4.69) is 15.5 Å². The molecule has 2 heterocycles. The number of pyridine rings is 1. The van der Waals surface area contributed by atoms with E-state index in [4.69, 9.17) is 0 Å². The summed E-state index contributed by atoms with van der Waals surface area (Å²) in [5.74, 6) is -0.270. The van der Waals surface area contributed by atoms with Gasteiger partial charge in [0.2, 0.25) is 0 Å². The number of nitrogens with zero attached hydrogens (tertiary/aromatic N) is 2. The first-order valence-electron chi connectivity index (χ1n) is 6.50. The lowest BCUT2D eigenvalue weighted by Gasteiger charge is -2.07. The zero-order valence-corrected chi connectivity index (χ0v) is 11.7. The van der Waals surface area contributed by atoms with Crippen LogP contribution in [0.25, 0.3) is 5.65 Å². The van der Waals surface area contributed by atoms with E-state index in [1.165, 1.54) is 16.2 Å². The SMILES string of the molecule is Cc1ccc(NC(=O)c2ccc3n[nH]c(=O)n3c2)cc1C. The van der Waals surface area contributed by atoms with Gasteiger partial charge in [-0.2, -0.15) is 5.10 Å². The molecule has 0 aliphatic rings. The van der Waals surface area contributed by atoms with Crippen molar-refractivity contribution >= 4 is 17.2 Å². The number of aryl methyl sites for hydroxylation is 2. The highest BCUT2D eigenvalue weighted by molar-refractivity contribution is 6.04. The summed E-state index contributed by atoms with van der Waals surface area (Å²) in [7, 11) is 0. The number of hydrogen-bond acceptors (Lipinski definition) is 3. The van der Waals surface area contributed by atoms with E-state index in [1.54, 1.807) is 12.1 Å². The minimum absolute atomic E-state index is 0.270. The van der Waals surface area contributed by atoms with E-state index < -0.39 is 0 Å². The van der Waals surface area contributed by atoms with E-state index in [0.29, 0.717) is 11.2 Å². The Morgan fingerprint density at radius 1 is 1.19 bits per heavy atom. The largest absolute Gasteiger partial charge is 0.347 e. The molecular formula is C15H14N4O2. The molecule has 0 bridgehead atoms. The lowest BCUT2D eigenvalue weighted by atomic mass is 10.1. The van der Waals surface area contributed by atoms with Crippen molar-refractivity contribution in [3.8, 4) is 0 Å². The summed E-state index contributed by atoms with van der Waals surface area (Å²) in [5, 5.41) is 8.97. The van der Waals surface area contributed by atoms with Gasteiger partial charge in [-0.3, -0.25) is 4.79 Å². The molecule has 0 atom stereocenters. The first-order chi connectivity index (χ1) is 10.0. The number of carbonyl (C=O) groups is 1. The fraction of sp³-hybridized carbons (Fsp3) is 0.133. The second-order valence-electron chi connectivity index (χ2n) is 4.93. The van der Waals surface area contributed by atoms with Crippen molar-refractivity contribution in [1.82, 2.24) is 14.6 Å². The Balaban J connectivity index is 1.91. The summed E-state index contributed by atoms with van der Waals surface area (Å²) in [5.41, 5.74) is 3.49. The first-order valence-corrected chi connectivity index (χ1v) is 6.50. The molecule has 0 radical (unpaired) electrons. The van der Waals surface area contributed by atoms with Gasteiger partial charge >= 0.3 is 5.69 Å². The fourth-order valence-electron chi connectivity index (χ4n) is 2.06. The summed E-state index contributed by atoms with van der Waals surface area (Å²) in [6.07, 6.45) is 1.47. The van der Waals surface area contributed by atoms with Gasteiger partial charge in [0.25, 0.3) is 5.91 Å². The molecule has 0 spiro atoms. The molecule has 6 nitrogen and oxygen atoms in total. The molecule has 0 aliphatic heterocycles. The highest BCUT2D eigenvalue weighted by Crippen LogP contribution is 2.15. The van der Waals surface area contributed by atoms with Gasteiger partial charge in [-0.1, -0.05) is 6.07 Å². The summed E-state index contributed by atoms with van der Waals surface area (Å²) < 4.78 is 1.30. The summed E-state index contributed by atoms with van der Waals surface area (Å²) >= 11 is 0. The van der Waals surface area contributed by atoms with Crippen LogP contribution in [-0.4, -0.2) is 20.5 Å². The summed E-state index contributed by atoms with van der Waals surface area (Å²) in [4.78, 5) is 23.7. The minimum Gasteiger partial charge on any atom is -0.322 e. The van der Waals surface area contributed by atoms with Crippen molar-refractivity contribution in [2.75, 3.05) is 5.32 Å². The number of benzene rings is 1. The molecule has 1 amide bonds. The number of H-pyrrole nitrogens is 1. The fourth-order valence-corrected chi connectivity index (χ4v) is 2.06. The van der Waals surface area contributed by atoms with Gasteiger partial charge in [0, 0.05) is 11.9 Å². The maximum atomic E-state index is 12.2. The zero-order valence-electron chi connectivity index (χ0n) is 11.7. The lowest BCUT2D eigenvalue weighted by molar-refractivity contribution is 0.102. The van der Waals surface area contributed by atoms with Gasteiger partial charge in [-0.25, -0.2) is 14.3 Å². The van der Waals surface area contributed by atoms with Crippen molar-refractivity contribution in [3.05, 3.63) is 63.7 Å². The molecule has 3 aromatic rings. The monoisotopic (exact) mass is 282 g/mol. The summed E-state index contributed by atoms with van der Waals surface area (Å²) in [6.45, 7) is 4.00. The van der Waals surface area contributed by atoms with Gasteiger partial charge < -0.3 is 5.32 Å². The average molecular weight is 282 g/mol. The number of carbonyl (C=O) groups excluding carboxylic acids is 1. The summed E-state index contributed by atoms with van der Waals surface area (Å²) in [6, 6.07) is 8.96. The number of hydrogen-bond donors (Lipinski definition) is 2. The van der Waals surface area contributed by atoms with Gasteiger partial charge in [0.1, 0.15) is 0 Å². The third-order valence-corrected chi connectivity index (χ3v) is 3.44. The van der Waals surface area contributed by atoms with Crippen molar-refractivity contribution in [2.45, 2.75) is 13.8 Å². The Hall–Kier alpha value is -2.89. The van der Waals surface area contributed by atoms with Crippen LogP contribution >= 0.6 is 0 Å². The Morgan fingerprint density at radius 2 is 2.00 bits per heavy atom. The maximum Gasteiger partial charge on any atom is 0.347 e. The van der Waals surface area contributed by atoms with Crippen LogP contribution in [0.4, 0.5) is 5.69 Å². The Bertz CT molecular complexity index is 892. The van der Waals surface area contributed by atoms with Crippen LogP contribution in [0, 0.1) is 13.8 Å². The topological polar surface area (TPSA) is 79.3 Å². The molecule has 3 rings (SSSR count). The number of aromatic nitrogens is 3. The number of nitrogens with one attached hydrogen (secondary N) is 2. The zero-order chi connectivity index (χ0) is 15.0. The number of anilines is 1. The molecule has 21 heavy (non-hydrogen) atoms. The molecule has 2 N–H and O–H groups in total. The second kappa shape index (κ2) is 4.90. The van der Waals surface area contributed by atoms with Gasteiger partial charge in [0.15, 0.2) is 5.65 Å². The Labute approximate surface area is 120 Å². The average Bonchev–Trinajstić information content (AvgIpc) is 2.84. The molecule has 1 aromatic carbocycles.